The van der Waals surface area contributed by atoms with Gasteiger partial charge in [0.2, 0.25) is 5.82 Å². The summed E-state index contributed by atoms with van der Waals surface area (Å²) in [6.45, 7) is 3.05. The molecular formula is C15H19N3O3. The molecule has 0 amide bonds. The van der Waals surface area contributed by atoms with Crippen LogP contribution >= 0.6 is 0 Å². The molecule has 2 unspecified atom stereocenters. The number of nitrogens with two attached hydrogens (primary N) is 1. The summed E-state index contributed by atoms with van der Waals surface area (Å²) in [5.41, 5.74) is 6.44. The zero-order valence-corrected chi connectivity index (χ0v) is 12.0. The molecule has 1 aromatic carbocycles. The molecule has 3 rings (SSSR count). The second-order valence-electron chi connectivity index (χ2n) is 4.95. The van der Waals surface area contributed by atoms with Gasteiger partial charge in [-0.2, -0.15) is 4.98 Å². The standard InChI is InChI=1S/C15H19N3O3/c1-2-19-12-6-4-3-5-11(12)14-17-15(21-18-14)13-8-7-10(9-16)20-13/h3-6,10,13H,2,7-9,16H2,1H3. The van der Waals surface area contributed by atoms with Gasteiger partial charge in [-0.3, -0.25) is 0 Å². The highest BCUT2D eigenvalue weighted by atomic mass is 16.5. The van der Waals surface area contributed by atoms with Crippen molar-refractivity contribution < 1.29 is 14.0 Å². The van der Waals surface area contributed by atoms with Crippen LogP contribution in [-0.4, -0.2) is 29.4 Å². The van der Waals surface area contributed by atoms with E-state index in [9.17, 15) is 0 Å². The first-order valence-electron chi connectivity index (χ1n) is 7.23. The fraction of sp³-hybridized carbons (Fsp3) is 0.467. The Morgan fingerprint density at radius 3 is 2.95 bits per heavy atom. The predicted octanol–water partition coefficient (Wildman–Crippen LogP) is 2.31. The van der Waals surface area contributed by atoms with Gasteiger partial charge in [-0.05, 0) is 31.9 Å². The molecule has 2 atom stereocenters. The highest BCUT2D eigenvalue weighted by Crippen LogP contribution is 2.34. The van der Waals surface area contributed by atoms with Crippen LogP contribution in [0, 0.1) is 0 Å². The van der Waals surface area contributed by atoms with Crippen molar-refractivity contribution in [3.8, 4) is 17.1 Å². The van der Waals surface area contributed by atoms with E-state index in [1.54, 1.807) is 0 Å². The molecule has 6 nitrogen and oxygen atoms in total. The third kappa shape index (κ3) is 2.91. The lowest BCUT2D eigenvalue weighted by atomic mass is 10.2. The van der Waals surface area contributed by atoms with Crippen LogP contribution in [-0.2, 0) is 4.74 Å². The van der Waals surface area contributed by atoms with Gasteiger partial charge in [0.25, 0.3) is 5.89 Å². The third-order valence-electron chi connectivity index (χ3n) is 3.52. The number of ether oxygens (including phenoxy) is 2. The van der Waals surface area contributed by atoms with E-state index in [1.165, 1.54) is 0 Å². The van der Waals surface area contributed by atoms with Gasteiger partial charge >= 0.3 is 0 Å². The van der Waals surface area contributed by atoms with E-state index in [0.717, 1.165) is 24.2 Å². The average Bonchev–Trinajstić information content (AvgIpc) is 3.17. The Morgan fingerprint density at radius 1 is 1.33 bits per heavy atom. The monoisotopic (exact) mass is 289 g/mol. The summed E-state index contributed by atoms with van der Waals surface area (Å²) in [4.78, 5) is 4.45. The summed E-state index contributed by atoms with van der Waals surface area (Å²) < 4.78 is 16.7. The highest BCUT2D eigenvalue weighted by molar-refractivity contribution is 5.63. The van der Waals surface area contributed by atoms with Gasteiger partial charge in [-0.1, -0.05) is 17.3 Å². The van der Waals surface area contributed by atoms with E-state index in [1.807, 2.05) is 31.2 Å². The molecule has 112 valence electrons. The molecule has 0 spiro atoms. The zero-order valence-electron chi connectivity index (χ0n) is 12.0. The van der Waals surface area contributed by atoms with E-state index >= 15 is 0 Å². The maximum atomic E-state index is 5.77. The van der Waals surface area contributed by atoms with Crippen molar-refractivity contribution in [1.29, 1.82) is 0 Å². The molecule has 2 aromatic rings. The maximum absolute atomic E-state index is 5.77. The lowest BCUT2D eigenvalue weighted by Crippen LogP contribution is -2.18. The summed E-state index contributed by atoms with van der Waals surface area (Å²) in [5, 5.41) is 4.05. The largest absolute Gasteiger partial charge is 0.493 e. The Bertz CT molecular complexity index is 599. The zero-order chi connectivity index (χ0) is 14.7. The lowest BCUT2D eigenvalue weighted by Gasteiger charge is -2.07. The molecule has 0 saturated carbocycles. The minimum Gasteiger partial charge on any atom is -0.493 e. The van der Waals surface area contributed by atoms with Crippen molar-refractivity contribution in [2.45, 2.75) is 32.0 Å². The van der Waals surface area contributed by atoms with Crippen molar-refractivity contribution in [1.82, 2.24) is 10.1 Å². The number of hydrogen-bond acceptors (Lipinski definition) is 6. The van der Waals surface area contributed by atoms with Gasteiger partial charge in [0, 0.05) is 6.54 Å². The van der Waals surface area contributed by atoms with Crippen molar-refractivity contribution in [2.24, 2.45) is 5.73 Å². The summed E-state index contributed by atoms with van der Waals surface area (Å²) in [6.07, 6.45) is 1.71. The number of hydrogen-bond donors (Lipinski definition) is 1. The fourth-order valence-corrected chi connectivity index (χ4v) is 2.47. The second-order valence-corrected chi connectivity index (χ2v) is 4.95. The van der Waals surface area contributed by atoms with Crippen molar-refractivity contribution in [2.75, 3.05) is 13.2 Å². The van der Waals surface area contributed by atoms with E-state index in [0.29, 0.717) is 24.9 Å². The quantitative estimate of drug-likeness (QED) is 0.909. The lowest BCUT2D eigenvalue weighted by molar-refractivity contribution is 0.0307. The first kappa shape index (κ1) is 14.0. The Hall–Kier alpha value is -1.92. The number of para-hydroxylation sites is 1. The van der Waals surface area contributed by atoms with E-state index in [-0.39, 0.29) is 12.2 Å². The van der Waals surface area contributed by atoms with Crippen molar-refractivity contribution in [3.63, 3.8) is 0 Å². The van der Waals surface area contributed by atoms with Gasteiger partial charge in [-0.15, -0.1) is 0 Å². The molecule has 1 saturated heterocycles. The number of aromatic nitrogens is 2. The molecule has 0 bridgehead atoms. The Labute approximate surface area is 123 Å². The Kier molecular flexibility index (Phi) is 4.17. The van der Waals surface area contributed by atoms with Crippen LogP contribution in [0.3, 0.4) is 0 Å². The molecule has 2 N–H and O–H groups in total. The molecule has 6 heteroatoms. The molecule has 1 fully saturated rings. The van der Waals surface area contributed by atoms with Crippen LogP contribution in [0.1, 0.15) is 31.8 Å². The first-order valence-corrected chi connectivity index (χ1v) is 7.23. The van der Waals surface area contributed by atoms with Crippen LogP contribution in [0.15, 0.2) is 28.8 Å². The fourth-order valence-electron chi connectivity index (χ4n) is 2.47. The molecule has 2 heterocycles. The molecular weight excluding hydrogens is 270 g/mol. The van der Waals surface area contributed by atoms with Crippen molar-refractivity contribution in [3.05, 3.63) is 30.2 Å². The van der Waals surface area contributed by atoms with E-state index in [2.05, 4.69) is 10.1 Å². The average molecular weight is 289 g/mol. The predicted molar refractivity (Wildman–Crippen MR) is 76.8 cm³/mol. The molecule has 1 aliphatic heterocycles. The first-order chi connectivity index (χ1) is 10.3. The molecule has 1 aromatic heterocycles. The summed E-state index contributed by atoms with van der Waals surface area (Å²) in [5.74, 6) is 1.78. The molecule has 0 aliphatic carbocycles. The Balaban J connectivity index is 1.82. The van der Waals surface area contributed by atoms with Gasteiger partial charge in [0.15, 0.2) is 0 Å². The molecule has 21 heavy (non-hydrogen) atoms. The van der Waals surface area contributed by atoms with Crippen LogP contribution in [0.2, 0.25) is 0 Å². The van der Waals surface area contributed by atoms with Gasteiger partial charge in [-0.25, -0.2) is 0 Å². The number of nitrogens with zero attached hydrogens (tertiary/aromatic N) is 2. The second kappa shape index (κ2) is 6.24. The number of benzene rings is 1. The summed E-state index contributed by atoms with van der Waals surface area (Å²) in [6, 6.07) is 7.65. The van der Waals surface area contributed by atoms with Crippen LogP contribution in [0.5, 0.6) is 5.75 Å². The van der Waals surface area contributed by atoms with Gasteiger partial charge < -0.3 is 19.7 Å². The topological polar surface area (TPSA) is 83.4 Å². The third-order valence-corrected chi connectivity index (χ3v) is 3.52. The number of rotatable bonds is 5. The summed E-state index contributed by atoms with van der Waals surface area (Å²) >= 11 is 0. The highest BCUT2D eigenvalue weighted by Gasteiger charge is 2.30. The smallest absolute Gasteiger partial charge is 0.256 e. The maximum Gasteiger partial charge on any atom is 0.256 e. The van der Waals surface area contributed by atoms with E-state index < -0.39 is 0 Å². The molecule has 1 aliphatic rings. The van der Waals surface area contributed by atoms with E-state index in [4.69, 9.17) is 19.7 Å². The van der Waals surface area contributed by atoms with Gasteiger partial charge in [0.1, 0.15) is 11.9 Å². The summed E-state index contributed by atoms with van der Waals surface area (Å²) in [7, 11) is 0. The minimum atomic E-state index is -0.154. The van der Waals surface area contributed by atoms with Crippen LogP contribution in [0.4, 0.5) is 0 Å². The van der Waals surface area contributed by atoms with Crippen LogP contribution in [0.25, 0.3) is 11.4 Å². The normalized spacial score (nSPS) is 21.6. The Morgan fingerprint density at radius 2 is 2.19 bits per heavy atom. The van der Waals surface area contributed by atoms with Crippen LogP contribution < -0.4 is 10.5 Å². The minimum absolute atomic E-state index is 0.0843. The van der Waals surface area contributed by atoms with Crippen molar-refractivity contribution >= 4 is 0 Å². The molecule has 0 radical (unpaired) electrons. The van der Waals surface area contributed by atoms with Gasteiger partial charge in [0.05, 0.1) is 18.3 Å². The SMILES string of the molecule is CCOc1ccccc1-c1noc(C2CCC(CN)O2)n1.